The summed E-state index contributed by atoms with van der Waals surface area (Å²) in [6.45, 7) is 4.91. The molecule has 2 aromatic heterocycles. The number of halogens is 1. The van der Waals surface area contributed by atoms with Gasteiger partial charge in [0.2, 0.25) is 0 Å². The largest absolute Gasteiger partial charge is 0.469 e. The summed E-state index contributed by atoms with van der Waals surface area (Å²) < 4.78 is 8.12. The van der Waals surface area contributed by atoms with Crippen LogP contribution in [0.25, 0.3) is 5.69 Å². The summed E-state index contributed by atoms with van der Waals surface area (Å²) in [7, 11) is 1.42. The molecule has 172 valence electrons. The predicted molar refractivity (Wildman–Crippen MR) is 136 cm³/mol. The van der Waals surface area contributed by atoms with Crippen LogP contribution in [0.3, 0.4) is 0 Å². The van der Waals surface area contributed by atoms with Crippen LogP contribution < -0.4 is 5.32 Å². The number of aryl methyl sites for hydroxylation is 1. The number of hydrogen-bond donors (Lipinski definition) is 1. The first-order chi connectivity index (χ1) is 15.9. The van der Waals surface area contributed by atoms with Crippen LogP contribution in [0, 0.1) is 13.8 Å². The first-order valence-electron chi connectivity index (χ1n) is 10.9. The van der Waals surface area contributed by atoms with Gasteiger partial charge in [0.15, 0.2) is 5.11 Å². The summed E-state index contributed by atoms with van der Waals surface area (Å²) in [6.07, 6.45) is 2.82. The van der Waals surface area contributed by atoms with Gasteiger partial charge in [-0.25, -0.2) is 0 Å². The molecule has 2 atom stereocenters. The van der Waals surface area contributed by atoms with E-state index in [1.165, 1.54) is 12.7 Å². The summed E-state index contributed by atoms with van der Waals surface area (Å²) in [5.74, 6) is -0.210. The van der Waals surface area contributed by atoms with Gasteiger partial charge in [0.1, 0.15) is 0 Å². The molecule has 1 aromatic carbocycles. The number of esters is 1. The van der Waals surface area contributed by atoms with Gasteiger partial charge >= 0.3 is 5.97 Å². The van der Waals surface area contributed by atoms with Crippen molar-refractivity contribution in [3.8, 4) is 5.69 Å². The van der Waals surface area contributed by atoms with Crippen molar-refractivity contribution in [1.29, 1.82) is 0 Å². The summed E-state index contributed by atoms with van der Waals surface area (Å²) in [5, 5.41) is 4.16. The molecule has 3 heterocycles. The van der Waals surface area contributed by atoms with Crippen molar-refractivity contribution >= 4 is 39.2 Å². The van der Waals surface area contributed by atoms with Crippen molar-refractivity contribution in [2.75, 3.05) is 13.7 Å². The Labute approximate surface area is 208 Å². The number of nitrogens with zero attached hydrogens (tertiary/aromatic N) is 3. The molecular formula is C25H27BrN4O2S. The molecule has 0 spiro atoms. The highest BCUT2D eigenvalue weighted by Gasteiger charge is 2.41. The molecule has 1 saturated heterocycles. The molecule has 1 aliphatic rings. The Morgan fingerprint density at radius 2 is 2.03 bits per heavy atom. The SMILES string of the molecule is COC(=O)CCCN1C(=S)N[C@H](c2ccccn2)[C@H]1c1cc(C)n(-c2cccc(Br)c2)c1C. The maximum Gasteiger partial charge on any atom is 0.305 e. The number of rotatable bonds is 7. The lowest BCUT2D eigenvalue weighted by atomic mass is 9.96. The second kappa shape index (κ2) is 10.1. The summed E-state index contributed by atoms with van der Waals surface area (Å²) in [5.41, 5.74) is 5.53. The zero-order valence-electron chi connectivity index (χ0n) is 18.9. The van der Waals surface area contributed by atoms with Gasteiger partial charge in [-0.05, 0) is 74.4 Å². The van der Waals surface area contributed by atoms with Crippen LogP contribution in [0.1, 0.15) is 47.6 Å². The second-order valence-electron chi connectivity index (χ2n) is 8.14. The van der Waals surface area contributed by atoms with Gasteiger partial charge in [-0.15, -0.1) is 0 Å². The highest BCUT2D eigenvalue weighted by molar-refractivity contribution is 9.10. The average Bonchev–Trinajstić information content (AvgIpc) is 3.29. The third kappa shape index (κ3) is 4.82. The fourth-order valence-corrected chi connectivity index (χ4v) is 5.30. The van der Waals surface area contributed by atoms with E-state index in [0.717, 1.165) is 27.2 Å². The van der Waals surface area contributed by atoms with Gasteiger partial charge in [0, 0.05) is 40.7 Å². The lowest BCUT2D eigenvalue weighted by molar-refractivity contribution is -0.140. The van der Waals surface area contributed by atoms with Crippen LogP contribution in [-0.4, -0.2) is 39.2 Å². The van der Waals surface area contributed by atoms with Gasteiger partial charge in [0.05, 0.1) is 24.9 Å². The quantitative estimate of drug-likeness (QED) is 0.338. The molecule has 4 rings (SSSR count). The molecule has 0 aliphatic carbocycles. The van der Waals surface area contributed by atoms with Crippen molar-refractivity contribution in [1.82, 2.24) is 19.8 Å². The molecule has 0 unspecified atom stereocenters. The van der Waals surface area contributed by atoms with Crippen molar-refractivity contribution in [2.45, 2.75) is 38.8 Å². The molecule has 1 N–H and O–H groups in total. The molecule has 6 nitrogen and oxygen atoms in total. The van der Waals surface area contributed by atoms with E-state index in [0.29, 0.717) is 24.5 Å². The number of benzene rings is 1. The van der Waals surface area contributed by atoms with E-state index in [1.54, 1.807) is 0 Å². The fourth-order valence-electron chi connectivity index (χ4n) is 4.58. The Balaban J connectivity index is 1.75. The minimum atomic E-state index is -0.210. The van der Waals surface area contributed by atoms with E-state index >= 15 is 0 Å². The average molecular weight is 527 g/mol. The fraction of sp³-hybridized carbons (Fsp3) is 0.320. The van der Waals surface area contributed by atoms with Gasteiger partial charge < -0.3 is 19.5 Å². The number of aromatic nitrogens is 2. The first-order valence-corrected chi connectivity index (χ1v) is 12.1. The maximum absolute atomic E-state index is 11.7. The molecule has 3 aromatic rings. The van der Waals surface area contributed by atoms with Crippen LogP contribution in [0.15, 0.2) is 59.2 Å². The molecule has 0 radical (unpaired) electrons. The van der Waals surface area contributed by atoms with Crippen molar-refractivity contribution in [3.63, 3.8) is 0 Å². The van der Waals surface area contributed by atoms with Crippen LogP contribution in [0.5, 0.6) is 0 Å². The van der Waals surface area contributed by atoms with Crippen LogP contribution in [0.2, 0.25) is 0 Å². The number of thiocarbonyl (C=S) groups is 1. The van der Waals surface area contributed by atoms with Crippen LogP contribution in [-0.2, 0) is 9.53 Å². The monoisotopic (exact) mass is 526 g/mol. The van der Waals surface area contributed by atoms with E-state index in [-0.39, 0.29) is 18.1 Å². The lowest BCUT2D eigenvalue weighted by Gasteiger charge is -2.28. The van der Waals surface area contributed by atoms with Gasteiger partial charge in [-0.2, -0.15) is 0 Å². The van der Waals surface area contributed by atoms with E-state index in [1.807, 2.05) is 36.5 Å². The topological polar surface area (TPSA) is 59.4 Å². The summed E-state index contributed by atoms with van der Waals surface area (Å²) in [6, 6.07) is 16.3. The molecule has 33 heavy (non-hydrogen) atoms. The normalized spacial score (nSPS) is 17.8. The molecule has 0 amide bonds. The Morgan fingerprint density at radius 3 is 2.73 bits per heavy atom. The zero-order chi connectivity index (χ0) is 23.5. The number of carbonyl (C=O) groups is 1. The van der Waals surface area contributed by atoms with E-state index in [9.17, 15) is 4.79 Å². The van der Waals surface area contributed by atoms with E-state index in [4.69, 9.17) is 17.0 Å². The van der Waals surface area contributed by atoms with Crippen molar-refractivity contribution in [2.24, 2.45) is 0 Å². The Morgan fingerprint density at radius 1 is 1.21 bits per heavy atom. The standard InChI is InChI=1S/C25H27BrN4O2S/c1-16-14-20(17(2)30(16)19-9-6-8-18(26)15-19)24-23(21-10-4-5-12-27-21)28-25(33)29(24)13-7-11-22(31)32-3/h4-6,8-10,12,14-15,23-24H,7,11,13H2,1-3H3,(H,28,33)/t23-,24-/m1/s1. The van der Waals surface area contributed by atoms with Crippen molar-refractivity contribution in [3.05, 3.63) is 81.8 Å². The lowest BCUT2D eigenvalue weighted by Crippen LogP contribution is -2.31. The van der Waals surface area contributed by atoms with Crippen LogP contribution >= 0.6 is 28.1 Å². The summed E-state index contributed by atoms with van der Waals surface area (Å²) >= 11 is 9.34. The van der Waals surface area contributed by atoms with E-state index < -0.39 is 0 Å². The van der Waals surface area contributed by atoms with E-state index in [2.05, 4.69) is 67.7 Å². The number of ether oxygens (including phenoxy) is 1. The number of pyridine rings is 1. The number of carbonyl (C=O) groups excluding carboxylic acids is 1. The molecular weight excluding hydrogens is 500 g/mol. The summed E-state index contributed by atoms with van der Waals surface area (Å²) in [4.78, 5) is 18.5. The van der Waals surface area contributed by atoms with Gasteiger partial charge in [0.25, 0.3) is 0 Å². The number of hydrogen-bond acceptors (Lipinski definition) is 4. The first kappa shape index (κ1) is 23.4. The number of nitrogens with one attached hydrogen (secondary N) is 1. The second-order valence-corrected chi connectivity index (χ2v) is 9.44. The minimum Gasteiger partial charge on any atom is -0.469 e. The van der Waals surface area contributed by atoms with Gasteiger partial charge in [-0.3, -0.25) is 9.78 Å². The third-order valence-electron chi connectivity index (χ3n) is 6.06. The molecule has 0 bridgehead atoms. The third-order valence-corrected chi connectivity index (χ3v) is 6.91. The predicted octanol–water partition coefficient (Wildman–Crippen LogP) is 5.18. The van der Waals surface area contributed by atoms with Gasteiger partial charge in [-0.1, -0.05) is 28.1 Å². The molecule has 0 saturated carbocycles. The number of methoxy groups -OCH3 is 1. The Hall–Kier alpha value is -2.71. The Kier molecular flexibility index (Phi) is 7.14. The highest BCUT2D eigenvalue weighted by Crippen LogP contribution is 2.41. The van der Waals surface area contributed by atoms with Crippen molar-refractivity contribution < 1.29 is 9.53 Å². The molecule has 8 heteroatoms. The molecule has 1 aliphatic heterocycles. The van der Waals surface area contributed by atoms with Crippen LogP contribution in [0.4, 0.5) is 0 Å². The molecule has 1 fully saturated rings. The highest BCUT2D eigenvalue weighted by atomic mass is 79.9. The Bertz CT molecular complexity index is 1160. The smallest absolute Gasteiger partial charge is 0.305 e. The minimum absolute atomic E-state index is 0.0443. The zero-order valence-corrected chi connectivity index (χ0v) is 21.3. The maximum atomic E-state index is 11.7.